The Bertz CT molecular complexity index is 885. The van der Waals surface area contributed by atoms with Gasteiger partial charge < -0.3 is 25.3 Å². The van der Waals surface area contributed by atoms with Gasteiger partial charge >= 0.3 is 17.1 Å². The number of carbonyl (C=O) groups excluding carboxylic acids is 2. The van der Waals surface area contributed by atoms with Gasteiger partial charge in [0.25, 0.3) is 0 Å². The van der Waals surface area contributed by atoms with Crippen LogP contribution in [0, 0.1) is 0 Å². The second-order valence-electron chi connectivity index (χ2n) is 4.96. The number of hydrogen-bond acceptors (Lipinski definition) is 8. The topological polar surface area (TPSA) is 139 Å². The summed E-state index contributed by atoms with van der Waals surface area (Å²) < 4.78 is 0. The normalized spacial score (nSPS) is 8.67. The van der Waals surface area contributed by atoms with Crippen LogP contribution in [0.3, 0.4) is 0 Å². The van der Waals surface area contributed by atoms with Gasteiger partial charge in [0.05, 0.1) is 23.3 Å². The number of carbonyl (C=O) groups is 2. The Morgan fingerprint density at radius 3 is 1.27 bits per heavy atom. The van der Waals surface area contributed by atoms with Crippen LogP contribution < -0.4 is 10.2 Å². The average Bonchev–Trinajstić information content (AvgIpc) is 3.44. The summed E-state index contributed by atoms with van der Waals surface area (Å²) in [5.74, 6) is -2.19. The molecular formula is C20H17CuN2O5S2+. The van der Waals surface area contributed by atoms with E-state index in [1.54, 1.807) is 35.3 Å². The van der Waals surface area contributed by atoms with Crippen molar-refractivity contribution in [3.05, 3.63) is 93.6 Å². The molecule has 4 heterocycles. The van der Waals surface area contributed by atoms with Gasteiger partial charge in [-0.3, -0.25) is 9.97 Å². The van der Waals surface area contributed by atoms with Gasteiger partial charge in [-0.25, -0.2) is 0 Å². The molecule has 0 amide bonds. The number of hydrogen-bond donors (Lipinski definition) is 0. The van der Waals surface area contributed by atoms with Gasteiger partial charge in [-0.05, 0) is 47.2 Å². The zero-order chi connectivity index (χ0) is 20.2. The molecule has 4 aromatic heterocycles. The Labute approximate surface area is 191 Å². The van der Waals surface area contributed by atoms with E-state index in [9.17, 15) is 19.8 Å². The van der Waals surface area contributed by atoms with Crippen LogP contribution in [0.4, 0.5) is 0 Å². The van der Waals surface area contributed by atoms with Gasteiger partial charge in [0.1, 0.15) is 0 Å². The minimum atomic E-state index is -1.10. The second-order valence-corrected chi connectivity index (χ2v) is 6.85. The predicted molar refractivity (Wildman–Crippen MR) is 110 cm³/mol. The summed E-state index contributed by atoms with van der Waals surface area (Å²) >= 11 is 2.34. The van der Waals surface area contributed by atoms with Gasteiger partial charge in [0.2, 0.25) is 0 Å². The largest absolute Gasteiger partial charge is 2.00 e. The van der Waals surface area contributed by atoms with Gasteiger partial charge in [-0.15, -0.1) is 22.7 Å². The van der Waals surface area contributed by atoms with Crippen molar-refractivity contribution in [2.24, 2.45) is 0 Å². The molecule has 0 aliphatic carbocycles. The van der Waals surface area contributed by atoms with E-state index >= 15 is 0 Å². The zero-order valence-corrected chi connectivity index (χ0v) is 17.9. The Kier molecular flexibility index (Phi) is 13.6. The molecule has 0 bridgehead atoms. The summed E-state index contributed by atoms with van der Waals surface area (Å²) in [5, 5.41) is 23.3. The van der Waals surface area contributed by atoms with Crippen LogP contribution in [0.2, 0.25) is 0 Å². The molecule has 4 rings (SSSR count). The van der Waals surface area contributed by atoms with E-state index in [2.05, 4.69) is 9.97 Å². The molecule has 4 aromatic rings. The number of pyridine rings is 2. The number of rotatable bonds is 3. The van der Waals surface area contributed by atoms with Gasteiger partial charge in [-0.2, -0.15) is 0 Å². The van der Waals surface area contributed by atoms with Crippen LogP contribution in [-0.2, 0) is 22.5 Å². The molecule has 0 unspecified atom stereocenters. The maximum atomic E-state index is 9.96. The third-order valence-corrected chi connectivity index (χ3v) is 4.74. The van der Waals surface area contributed by atoms with Crippen molar-refractivity contribution < 1.29 is 42.3 Å². The van der Waals surface area contributed by atoms with Crippen molar-refractivity contribution in [2.45, 2.75) is 0 Å². The molecule has 0 atom stereocenters. The number of thiophene rings is 2. The molecule has 0 saturated heterocycles. The average molecular weight is 493 g/mol. The molecule has 1 radical (unpaired) electrons. The predicted octanol–water partition coefficient (Wildman–Crippen LogP) is 1.44. The molecule has 7 nitrogen and oxygen atoms in total. The molecular weight excluding hydrogens is 476 g/mol. The number of aromatic nitrogens is 2. The summed E-state index contributed by atoms with van der Waals surface area (Å²) in [6.07, 6.45) is 3.54. The summed E-state index contributed by atoms with van der Waals surface area (Å²) in [5.41, 5.74) is 1.83. The summed E-state index contributed by atoms with van der Waals surface area (Å²) in [7, 11) is 0. The minimum absolute atomic E-state index is 0. The van der Waals surface area contributed by atoms with Crippen LogP contribution in [0.25, 0.3) is 11.4 Å². The van der Waals surface area contributed by atoms with Crippen molar-refractivity contribution in [3.8, 4) is 11.4 Å². The van der Waals surface area contributed by atoms with Gasteiger partial charge in [0, 0.05) is 22.1 Å². The SMILES string of the molecule is O=C([O-])c1cccs1.O=C([O-])c1cccs1.[Cu+2].[OH3+].c1ccc(-c2ccccn2)nc1. The molecule has 0 aromatic carbocycles. The fourth-order valence-corrected chi connectivity index (χ4v) is 2.93. The van der Waals surface area contributed by atoms with E-state index in [4.69, 9.17) is 0 Å². The summed E-state index contributed by atoms with van der Waals surface area (Å²) in [6, 6.07) is 18.0. The summed E-state index contributed by atoms with van der Waals surface area (Å²) in [4.78, 5) is 28.9. The molecule has 0 aliphatic rings. The Morgan fingerprint density at radius 2 is 1.07 bits per heavy atom. The van der Waals surface area contributed by atoms with E-state index in [0.717, 1.165) is 11.4 Å². The van der Waals surface area contributed by atoms with Crippen LogP contribution in [0.1, 0.15) is 19.3 Å². The molecule has 3 N–H and O–H groups in total. The Morgan fingerprint density at radius 1 is 0.667 bits per heavy atom. The molecule has 30 heavy (non-hydrogen) atoms. The maximum Gasteiger partial charge on any atom is 2.00 e. The van der Waals surface area contributed by atoms with Crippen LogP contribution in [0.15, 0.2) is 83.8 Å². The van der Waals surface area contributed by atoms with E-state index in [1.807, 2.05) is 36.4 Å². The first kappa shape index (κ1) is 27.1. The quantitative estimate of drug-likeness (QED) is 0.313. The van der Waals surface area contributed by atoms with Crippen molar-refractivity contribution >= 4 is 34.6 Å². The van der Waals surface area contributed by atoms with Gasteiger partial charge in [-0.1, -0.05) is 24.3 Å². The van der Waals surface area contributed by atoms with E-state index in [0.29, 0.717) is 0 Å². The Balaban J connectivity index is 0.000000420. The fourth-order valence-electron chi connectivity index (χ4n) is 1.82. The smallest absolute Gasteiger partial charge is 0.544 e. The number of carboxylic acids is 2. The number of aromatic carboxylic acids is 2. The van der Waals surface area contributed by atoms with Crippen molar-refractivity contribution in [1.29, 1.82) is 0 Å². The Hall–Kier alpha value is -2.88. The summed E-state index contributed by atoms with van der Waals surface area (Å²) in [6.45, 7) is 0. The number of nitrogens with zero attached hydrogens (tertiary/aromatic N) is 2. The first-order chi connectivity index (χ1) is 13.6. The number of carboxylic acid groups (broad SMARTS) is 2. The van der Waals surface area contributed by atoms with E-state index < -0.39 is 11.9 Å². The maximum absolute atomic E-state index is 9.96. The van der Waals surface area contributed by atoms with E-state index in [-0.39, 0.29) is 32.3 Å². The molecule has 0 spiro atoms. The molecule has 0 aliphatic heterocycles. The first-order valence-corrected chi connectivity index (χ1v) is 9.66. The first-order valence-electron chi connectivity index (χ1n) is 7.90. The van der Waals surface area contributed by atoms with E-state index in [1.165, 1.54) is 34.8 Å². The fraction of sp³-hybridized carbons (Fsp3) is 0. The minimum Gasteiger partial charge on any atom is -0.544 e. The van der Waals surface area contributed by atoms with Crippen LogP contribution in [0.5, 0.6) is 0 Å². The van der Waals surface area contributed by atoms with Crippen molar-refractivity contribution in [2.75, 3.05) is 0 Å². The van der Waals surface area contributed by atoms with Crippen LogP contribution in [-0.4, -0.2) is 21.9 Å². The monoisotopic (exact) mass is 492 g/mol. The third-order valence-electron chi connectivity index (χ3n) is 3.04. The molecule has 159 valence electrons. The standard InChI is InChI=1S/C10H8N2.2C5H4O2S.Cu.H2O/c1-3-7-11-9(5-1)10-6-2-4-8-12-10;2*6-5(7)4-2-1-3-8-4;;/h1-8H;2*1-3H,(H,6,7);;1H2/q;;;+2;/p-1. The van der Waals surface area contributed by atoms with Gasteiger partial charge in [0.15, 0.2) is 0 Å². The van der Waals surface area contributed by atoms with Crippen LogP contribution >= 0.6 is 22.7 Å². The van der Waals surface area contributed by atoms with Crippen molar-refractivity contribution in [1.82, 2.24) is 9.97 Å². The third kappa shape index (κ3) is 9.55. The molecule has 0 fully saturated rings. The molecule has 10 heteroatoms. The zero-order valence-electron chi connectivity index (χ0n) is 15.3. The van der Waals surface area contributed by atoms with Crippen molar-refractivity contribution in [3.63, 3.8) is 0 Å². The second kappa shape index (κ2) is 15.0. The molecule has 0 saturated carbocycles.